The quantitative estimate of drug-likeness (QED) is 0.551. The Hall–Kier alpha value is -3.28. The maximum Gasteiger partial charge on any atom is 0.375 e. The summed E-state index contributed by atoms with van der Waals surface area (Å²) >= 11 is 0. The highest BCUT2D eigenvalue weighted by atomic mass is 16.5. The Morgan fingerprint density at radius 2 is 1.77 bits per heavy atom. The first-order valence-corrected chi connectivity index (χ1v) is 10.8. The molecule has 1 amide bonds. The summed E-state index contributed by atoms with van der Waals surface area (Å²) in [7, 11) is 0. The van der Waals surface area contributed by atoms with E-state index in [0.717, 1.165) is 24.6 Å². The van der Waals surface area contributed by atoms with Crippen LogP contribution in [0.4, 0.5) is 0 Å². The molecule has 2 atom stereocenters. The maximum atomic E-state index is 12.8. The fourth-order valence-corrected chi connectivity index (χ4v) is 4.05. The van der Waals surface area contributed by atoms with Gasteiger partial charge in [0.25, 0.3) is 5.91 Å². The lowest BCUT2D eigenvalue weighted by Crippen LogP contribution is -2.42. The lowest BCUT2D eigenvalue weighted by Gasteiger charge is -2.29. The molecule has 4 rings (SSSR count). The first-order valence-electron chi connectivity index (χ1n) is 10.8. The summed E-state index contributed by atoms with van der Waals surface area (Å²) < 4.78 is 16.9. The van der Waals surface area contributed by atoms with Gasteiger partial charge in [-0.05, 0) is 37.0 Å². The summed E-state index contributed by atoms with van der Waals surface area (Å²) in [4.78, 5) is 25.1. The topological polar surface area (TPSA) is 77.8 Å². The molecular weight excluding hydrogens is 394 g/mol. The van der Waals surface area contributed by atoms with Crippen molar-refractivity contribution in [2.24, 2.45) is 5.92 Å². The number of carbonyl (C=O) groups excluding carboxylic acids is 2. The molecule has 0 saturated heterocycles. The second-order valence-electron chi connectivity index (χ2n) is 8.02. The molecule has 0 unspecified atom stereocenters. The second-order valence-corrected chi connectivity index (χ2v) is 8.02. The minimum atomic E-state index is -0.672. The predicted molar refractivity (Wildman–Crippen MR) is 117 cm³/mol. The molecule has 1 aromatic heterocycles. The number of amides is 1. The number of ether oxygens (including phenoxy) is 2. The largest absolute Gasteiger partial charge is 0.489 e. The van der Waals surface area contributed by atoms with Gasteiger partial charge in [-0.15, -0.1) is 0 Å². The number of para-hydroxylation sites is 2. The van der Waals surface area contributed by atoms with Crippen LogP contribution in [-0.4, -0.2) is 24.5 Å². The third-order valence-corrected chi connectivity index (χ3v) is 5.80. The van der Waals surface area contributed by atoms with E-state index in [0.29, 0.717) is 22.8 Å². The van der Waals surface area contributed by atoms with Crippen LogP contribution in [0.3, 0.4) is 0 Å². The Labute approximate surface area is 181 Å². The molecule has 31 heavy (non-hydrogen) atoms. The summed E-state index contributed by atoms with van der Waals surface area (Å²) in [5.74, 6) is 0.231. The van der Waals surface area contributed by atoms with Crippen LogP contribution >= 0.6 is 0 Å². The standard InChI is InChI=1S/C25H27NO5/c1-17-9-5-7-13-21(17)26-23(27)16-30-25(28)24-20(15-29-18-10-3-2-4-11-18)19-12-6-8-14-22(19)31-24/h2-4,6,8,10-12,14,17,21H,5,7,9,13,15-16H2,1H3,(H,26,27)/t17-,21-/m0/s1. The number of esters is 1. The molecule has 6 heteroatoms. The maximum absolute atomic E-state index is 12.8. The zero-order valence-electron chi connectivity index (χ0n) is 17.6. The van der Waals surface area contributed by atoms with E-state index in [4.69, 9.17) is 13.9 Å². The van der Waals surface area contributed by atoms with Gasteiger partial charge in [-0.1, -0.05) is 56.2 Å². The fraction of sp³-hybridized carbons (Fsp3) is 0.360. The number of rotatable bonds is 7. The number of nitrogens with one attached hydrogen (secondary N) is 1. The van der Waals surface area contributed by atoms with E-state index in [1.807, 2.05) is 48.5 Å². The molecule has 1 fully saturated rings. The summed E-state index contributed by atoms with van der Waals surface area (Å²) in [5.41, 5.74) is 1.17. The van der Waals surface area contributed by atoms with Gasteiger partial charge in [0.1, 0.15) is 17.9 Å². The highest BCUT2D eigenvalue weighted by molar-refractivity contribution is 5.96. The number of hydrogen-bond donors (Lipinski definition) is 1. The molecule has 1 heterocycles. The van der Waals surface area contributed by atoms with Crippen LogP contribution in [0.1, 0.15) is 48.7 Å². The second kappa shape index (κ2) is 9.69. The van der Waals surface area contributed by atoms with E-state index in [2.05, 4.69) is 12.2 Å². The first kappa shape index (κ1) is 21.0. The van der Waals surface area contributed by atoms with E-state index in [1.54, 1.807) is 6.07 Å². The number of hydrogen-bond acceptors (Lipinski definition) is 5. The minimum Gasteiger partial charge on any atom is -0.489 e. The van der Waals surface area contributed by atoms with Crippen LogP contribution in [0.15, 0.2) is 59.0 Å². The fourth-order valence-electron chi connectivity index (χ4n) is 4.05. The van der Waals surface area contributed by atoms with Gasteiger partial charge in [-0.2, -0.15) is 0 Å². The third kappa shape index (κ3) is 5.08. The van der Waals surface area contributed by atoms with Crippen LogP contribution < -0.4 is 10.1 Å². The Kier molecular flexibility index (Phi) is 6.55. The Morgan fingerprint density at radius 3 is 2.58 bits per heavy atom. The summed E-state index contributed by atoms with van der Waals surface area (Å²) in [6.07, 6.45) is 4.38. The zero-order chi connectivity index (χ0) is 21.6. The van der Waals surface area contributed by atoms with Crippen molar-refractivity contribution in [1.82, 2.24) is 5.32 Å². The van der Waals surface area contributed by atoms with Crippen LogP contribution in [0.25, 0.3) is 11.0 Å². The Balaban J connectivity index is 1.43. The van der Waals surface area contributed by atoms with Gasteiger partial charge < -0.3 is 19.2 Å². The highest BCUT2D eigenvalue weighted by Gasteiger charge is 2.25. The smallest absolute Gasteiger partial charge is 0.375 e. The summed E-state index contributed by atoms with van der Waals surface area (Å²) in [6.45, 7) is 1.96. The molecule has 0 spiro atoms. The predicted octanol–water partition coefficient (Wildman–Crippen LogP) is 4.86. The van der Waals surface area contributed by atoms with E-state index < -0.39 is 5.97 Å². The van der Waals surface area contributed by atoms with Crippen LogP contribution in [0.2, 0.25) is 0 Å². The first-order chi connectivity index (χ1) is 15.1. The van der Waals surface area contributed by atoms with Gasteiger partial charge in [0, 0.05) is 11.4 Å². The van der Waals surface area contributed by atoms with Crippen LogP contribution in [0.5, 0.6) is 5.75 Å². The lowest BCUT2D eigenvalue weighted by atomic mass is 9.86. The van der Waals surface area contributed by atoms with Gasteiger partial charge in [0.2, 0.25) is 5.76 Å². The van der Waals surface area contributed by atoms with Crippen LogP contribution in [-0.2, 0) is 16.1 Å². The number of furan rings is 1. The molecule has 2 aromatic carbocycles. The summed E-state index contributed by atoms with van der Waals surface area (Å²) in [6, 6.07) is 16.9. The minimum absolute atomic E-state index is 0.0657. The molecule has 1 aliphatic rings. The van der Waals surface area contributed by atoms with Crippen molar-refractivity contribution in [2.45, 2.75) is 45.3 Å². The molecule has 0 bridgehead atoms. The van der Waals surface area contributed by atoms with Gasteiger partial charge in [0.05, 0.1) is 5.56 Å². The van der Waals surface area contributed by atoms with E-state index in [-0.39, 0.29) is 30.9 Å². The van der Waals surface area contributed by atoms with E-state index in [9.17, 15) is 9.59 Å². The summed E-state index contributed by atoms with van der Waals surface area (Å²) in [5, 5.41) is 3.78. The number of carbonyl (C=O) groups is 2. The van der Waals surface area contributed by atoms with Crippen molar-refractivity contribution < 1.29 is 23.5 Å². The highest BCUT2D eigenvalue weighted by Crippen LogP contribution is 2.28. The molecule has 0 aliphatic heterocycles. The molecular formula is C25H27NO5. The normalized spacial score (nSPS) is 18.5. The molecule has 6 nitrogen and oxygen atoms in total. The van der Waals surface area contributed by atoms with Gasteiger partial charge in [-0.25, -0.2) is 4.79 Å². The third-order valence-electron chi connectivity index (χ3n) is 5.80. The molecule has 3 aromatic rings. The van der Waals surface area contributed by atoms with Crippen molar-refractivity contribution in [1.29, 1.82) is 0 Å². The molecule has 1 N–H and O–H groups in total. The van der Waals surface area contributed by atoms with Crippen molar-refractivity contribution in [2.75, 3.05) is 6.61 Å². The van der Waals surface area contributed by atoms with Crippen molar-refractivity contribution in [3.63, 3.8) is 0 Å². The average molecular weight is 421 g/mol. The van der Waals surface area contributed by atoms with Crippen molar-refractivity contribution >= 4 is 22.8 Å². The van der Waals surface area contributed by atoms with E-state index in [1.165, 1.54) is 6.42 Å². The van der Waals surface area contributed by atoms with Crippen molar-refractivity contribution in [3.8, 4) is 5.75 Å². The van der Waals surface area contributed by atoms with Gasteiger partial charge >= 0.3 is 5.97 Å². The molecule has 1 aliphatic carbocycles. The van der Waals surface area contributed by atoms with Gasteiger partial charge in [0.15, 0.2) is 6.61 Å². The molecule has 0 radical (unpaired) electrons. The van der Waals surface area contributed by atoms with Crippen molar-refractivity contribution in [3.05, 3.63) is 65.9 Å². The Morgan fingerprint density at radius 1 is 1.03 bits per heavy atom. The van der Waals surface area contributed by atoms with Gasteiger partial charge in [-0.3, -0.25) is 4.79 Å². The van der Waals surface area contributed by atoms with Crippen LogP contribution in [0, 0.1) is 5.92 Å². The molecule has 162 valence electrons. The van der Waals surface area contributed by atoms with E-state index >= 15 is 0 Å². The number of benzene rings is 2. The number of fused-ring (bicyclic) bond motifs is 1. The lowest BCUT2D eigenvalue weighted by molar-refractivity contribution is -0.125. The zero-order valence-corrected chi connectivity index (χ0v) is 17.6. The Bertz CT molecular complexity index is 1040. The molecule has 1 saturated carbocycles. The average Bonchev–Trinajstić information content (AvgIpc) is 3.17. The monoisotopic (exact) mass is 421 g/mol. The SMILES string of the molecule is C[C@H]1CCCC[C@@H]1NC(=O)COC(=O)c1oc2ccccc2c1COc1ccccc1.